The molecule has 2 N–H and O–H groups in total. The third kappa shape index (κ3) is 4.62. The van der Waals surface area contributed by atoms with Crippen LogP contribution >= 0.6 is 0 Å². The molecule has 1 aromatic heterocycles. The number of hydrogen-bond acceptors (Lipinski definition) is 2. The number of halogens is 1. The van der Waals surface area contributed by atoms with E-state index in [2.05, 4.69) is 19.1 Å². The number of nitrogen functional groups attached to an aromatic ring is 1. The Morgan fingerprint density at radius 3 is 2.55 bits per heavy atom. The first kappa shape index (κ1) is 18.8. The maximum atomic E-state index is 6.16. The first-order valence-corrected chi connectivity index (χ1v) is 8.06. The highest BCUT2D eigenvalue weighted by atomic mass is 35.5. The SMILES string of the molecule is CCCCCCCCOCn1c(N)[n+](C)c2ccccc21.[Cl-]. The molecule has 0 saturated carbocycles. The van der Waals surface area contributed by atoms with Crippen molar-refractivity contribution in [1.82, 2.24) is 4.57 Å². The lowest BCUT2D eigenvalue weighted by Crippen LogP contribution is -3.00. The number of unbranched alkanes of at least 4 members (excludes halogenated alkanes) is 5. The van der Waals surface area contributed by atoms with Crippen LogP contribution in [0.3, 0.4) is 0 Å². The summed E-state index contributed by atoms with van der Waals surface area (Å²) in [7, 11) is 1.99. The van der Waals surface area contributed by atoms with Gasteiger partial charge in [0, 0.05) is 0 Å². The number of imidazole rings is 1. The highest BCUT2D eigenvalue weighted by molar-refractivity contribution is 5.73. The zero-order valence-electron chi connectivity index (χ0n) is 13.7. The van der Waals surface area contributed by atoms with Crippen molar-refractivity contribution in [2.75, 3.05) is 12.3 Å². The van der Waals surface area contributed by atoms with Crippen molar-refractivity contribution in [3.63, 3.8) is 0 Å². The van der Waals surface area contributed by atoms with Gasteiger partial charge in [-0.15, -0.1) is 0 Å². The molecule has 0 radical (unpaired) electrons. The zero-order valence-corrected chi connectivity index (χ0v) is 14.5. The van der Waals surface area contributed by atoms with Gasteiger partial charge in [0.25, 0.3) is 0 Å². The molecular formula is C17H28ClN3O. The topological polar surface area (TPSA) is 44.1 Å². The van der Waals surface area contributed by atoms with Gasteiger partial charge >= 0.3 is 5.95 Å². The number of fused-ring (bicyclic) bond motifs is 1. The van der Waals surface area contributed by atoms with E-state index in [0.29, 0.717) is 6.73 Å². The van der Waals surface area contributed by atoms with E-state index in [4.69, 9.17) is 10.5 Å². The van der Waals surface area contributed by atoms with Gasteiger partial charge < -0.3 is 17.1 Å². The van der Waals surface area contributed by atoms with Crippen LogP contribution < -0.4 is 22.7 Å². The summed E-state index contributed by atoms with van der Waals surface area (Å²) in [4.78, 5) is 0. The number of rotatable bonds is 9. The fourth-order valence-electron chi connectivity index (χ4n) is 2.68. The molecule has 0 bridgehead atoms. The zero-order chi connectivity index (χ0) is 15.1. The van der Waals surface area contributed by atoms with Crippen molar-refractivity contribution in [2.45, 2.75) is 52.2 Å². The molecule has 0 aliphatic heterocycles. The van der Waals surface area contributed by atoms with E-state index in [1.165, 1.54) is 32.1 Å². The minimum atomic E-state index is 0. The Balaban J connectivity index is 0.00000242. The molecule has 124 valence electrons. The summed E-state index contributed by atoms with van der Waals surface area (Å²) >= 11 is 0. The van der Waals surface area contributed by atoms with Gasteiger partial charge in [0.15, 0.2) is 6.73 Å². The molecule has 0 unspecified atom stereocenters. The lowest BCUT2D eigenvalue weighted by molar-refractivity contribution is -0.630. The molecule has 1 aromatic carbocycles. The normalized spacial score (nSPS) is 10.8. The van der Waals surface area contributed by atoms with E-state index in [0.717, 1.165) is 30.0 Å². The smallest absolute Gasteiger partial charge is 0.357 e. The second kappa shape index (κ2) is 9.70. The maximum Gasteiger partial charge on any atom is 0.357 e. The fourth-order valence-corrected chi connectivity index (χ4v) is 2.68. The molecule has 0 fully saturated rings. The van der Waals surface area contributed by atoms with E-state index < -0.39 is 0 Å². The van der Waals surface area contributed by atoms with Crippen molar-refractivity contribution in [2.24, 2.45) is 7.05 Å². The first-order valence-electron chi connectivity index (χ1n) is 8.06. The molecule has 2 aromatic rings. The van der Waals surface area contributed by atoms with E-state index in [-0.39, 0.29) is 12.4 Å². The van der Waals surface area contributed by atoms with E-state index in [1.807, 2.05) is 28.3 Å². The number of aromatic nitrogens is 2. The van der Waals surface area contributed by atoms with E-state index in [9.17, 15) is 0 Å². The van der Waals surface area contributed by atoms with Gasteiger partial charge in [0.2, 0.25) is 0 Å². The van der Waals surface area contributed by atoms with Crippen LogP contribution in [0.1, 0.15) is 45.4 Å². The van der Waals surface area contributed by atoms with Gasteiger partial charge in [-0.25, -0.2) is 9.13 Å². The second-order valence-corrected chi connectivity index (χ2v) is 5.64. The first-order chi connectivity index (χ1) is 10.3. The summed E-state index contributed by atoms with van der Waals surface area (Å²) in [5, 5.41) is 0. The molecule has 0 atom stereocenters. The largest absolute Gasteiger partial charge is 1.00 e. The standard InChI is InChI=1S/C17H27N3O.ClH/c1-3-4-5-6-7-10-13-21-14-20-16-12-9-8-11-15(16)19(2)17(20)18;/h8-9,11-12,18H,3-7,10,13-14H2,1-2H3;1H. The van der Waals surface area contributed by atoms with Crippen molar-refractivity contribution in [1.29, 1.82) is 0 Å². The van der Waals surface area contributed by atoms with Crippen LogP contribution in [0.4, 0.5) is 5.95 Å². The van der Waals surface area contributed by atoms with Crippen LogP contribution in [0.5, 0.6) is 0 Å². The molecule has 1 heterocycles. The van der Waals surface area contributed by atoms with Crippen molar-refractivity contribution < 1.29 is 21.7 Å². The summed E-state index contributed by atoms with van der Waals surface area (Å²) in [6.45, 7) is 3.58. The highest BCUT2D eigenvalue weighted by Gasteiger charge is 2.17. The van der Waals surface area contributed by atoms with Crippen molar-refractivity contribution in [3.05, 3.63) is 24.3 Å². The van der Waals surface area contributed by atoms with Crippen molar-refractivity contribution in [3.8, 4) is 0 Å². The molecule has 0 saturated heterocycles. The Morgan fingerprint density at radius 1 is 1.09 bits per heavy atom. The summed E-state index contributed by atoms with van der Waals surface area (Å²) in [5.74, 6) is 0.735. The number of benzene rings is 1. The average molecular weight is 326 g/mol. The maximum absolute atomic E-state index is 6.16. The molecular weight excluding hydrogens is 298 g/mol. The number of hydrogen-bond donors (Lipinski definition) is 1. The van der Waals surface area contributed by atoms with Gasteiger partial charge in [-0.3, -0.25) is 5.73 Å². The van der Waals surface area contributed by atoms with Gasteiger partial charge in [0.1, 0.15) is 11.0 Å². The van der Waals surface area contributed by atoms with Gasteiger partial charge in [0.05, 0.1) is 13.7 Å². The minimum absolute atomic E-state index is 0. The monoisotopic (exact) mass is 325 g/mol. The van der Waals surface area contributed by atoms with Crippen LogP contribution in [-0.4, -0.2) is 11.2 Å². The predicted octanol–water partition coefficient (Wildman–Crippen LogP) is 0.387. The molecule has 0 aliphatic carbocycles. The van der Waals surface area contributed by atoms with Crippen LogP contribution in [-0.2, 0) is 18.5 Å². The third-order valence-electron chi connectivity index (χ3n) is 4.02. The molecule has 0 amide bonds. The quantitative estimate of drug-likeness (QED) is 0.535. The van der Waals surface area contributed by atoms with E-state index >= 15 is 0 Å². The van der Waals surface area contributed by atoms with Gasteiger partial charge in [-0.2, -0.15) is 0 Å². The van der Waals surface area contributed by atoms with Gasteiger partial charge in [-0.05, 0) is 18.6 Å². The Hall–Kier alpha value is -1.26. The predicted molar refractivity (Wildman–Crippen MR) is 86.9 cm³/mol. The van der Waals surface area contributed by atoms with Gasteiger partial charge in [-0.1, -0.05) is 51.2 Å². The number of anilines is 1. The molecule has 2 rings (SSSR count). The molecule has 22 heavy (non-hydrogen) atoms. The fraction of sp³-hybridized carbons (Fsp3) is 0.588. The lowest BCUT2D eigenvalue weighted by atomic mass is 10.1. The highest BCUT2D eigenvalue weighted by Crippen LogP contribution is 2.15. The summed E-state index contributed by atoms with van der Waals surface area (Å²) in [6.07, 6.45) is 7.71. The number of nitrogens with two attached hydrogens (primary N) is 1. The summed E-state index contributed by atoms with van der Waals surface area (Å²) in [5.41, 5.74) is 8.42. The number of aryl methyl sites for hydroxylation is 1. The van der Waals surface area contributed by atoms with Crippen LogP contribution in [0.15, 0.2) is 24.3 Å². The number of ether oxygens (including phenoxy) is 1. The lowest BCUT2D eigenvalue weighted by Gasteiger charge is -2.04. The Bertz CT molecular complexity index is 568. The molecule has 4 nitrogen and oxygen atoms in total. The number of para-hydroxylation sites is 2. The van der Waals surface area contributed by atoms with Crippen LogP contribution in [0, 0.1) is 0 Å². The van der Waals surface area contributed by atoms with Crippen molar-refractivity contribution >= 4 is 17.0 Å². The number of nitrogens with zero attached hydrogens (tertiary/aromatic N) is 2. The second-order valence-electron chi connectivity index (χ2n) is 5.64. The Morgan fingerprint density at radius 2 is 1.77 bits per heavy atom. The van der Waals surface area contributed by atoms with Crippen LogP contribution in [0.2, 0.25) is 0 Å². The minimum Gasteiger partial charge on any atom is -1.00 e. The summed E-state index contributed by atoms with van der Waals surface area (Å²) < 4.78 is 9.84. The Labute approximate surface area is 139 Å². The molecule has 0 spiro atoms. The molecule has 5 heteroatoms. The Kier molecular flexibility index (Phi) is 8.28. The van der Waals surface area contributed by atoms with Crippen LogP contribution in [0.25, 0.3) is 11.0 Å². The third-order valence-corrected chi connectivity index (χ3v) is 4.02. The van der Waals surface area contributed by atoms with E-state index in [1.54, 1.807) is 0 Å². The summed E-state index contributed by atoms with van der Waals surface area (Å²) in [6, 6.07) is 8.23. The average Bonchev–Trinajstić information content (AvgIpc) is 2.75. The molecule has 0 aliphatic rings.